The zero-order valence-corrected chi connectivity index (χ0v) is 14.7. The first-order valence-electron chi connectivity index (χ1n) is 8.38. The molecular formula is C18H20N4O4. The Morgan fingerprint density at radius 2 is 1.73 bits per heavy atom. The van der Waals surface area contributed by atoms with Crippen molar-refractivity contribution in [3.05, 3.63) is 48.0 Å². The summed E-state index contributed by atoms with van der Waals surface area (Å²) >= 11 is 0. The lowest BCUT2D eigenvalue weighted by molar-refractivity contribution is 0.0436. The van der Waals surface area contributed by atoms with Crippen molar-refractivity contribution in [2.45, 2.75) is 20.3 Å². The Bertz CT molecular complexity index is 877. The minimum Gasteiger partial charge on any atom is -0.494 e. The highest BCUT2D eigenvalue weighted by atomic mass is 16.6. The Kier molecular flexibility index (Phi) is 5.62. The van der Waals surface area contributed by atoms with Gasteiger partial charge in [0, 0.05) is 11.9 Å². The average molecular weight is 356 g/mol. The molecule has 0 aliphatic rings. The molecule has 2 aromatic heterocycles. The van der Waals surface area contributed by atoms with Crippen LogP contribution in [0.4, 0.5) is 0 Å². The zero-order valence-electron chi connectivity index (χ0n) is 14.7. The van der Waals surface area contributed by atoms with E-state index in [1.807, 2.05) is 31.2 Å². The highest BCUT2D eigenvalue weighted by Crippen LogP contribution is 2.17. The van der Waals surface area contributed by atoms with Crippen molar-refractivity contribution in [2.24, 2.45) is 0 Å². The predicted molar refractivity (Wildman–Crippen MR) is 93.5 cm³/mol. The van der Waals surface area contributed by atoms with E-state index in [1.165, 1.54) is 4.52 Å². The van der Waals surface area contributed by atoms with Crippen LogP contribution in [0.25, 0.3) is 5.78 Å². The van der Waals surface area contributed by atoms with Crippen LogP contribution >= 0.6 is 0 Å². The maximum absolute atomic E-state index is 12.0. The van der Waals surface area contributed by atoms with Crippen LogP contribution in [0.15, 0.2) is 36.5 Å². The summed E-state index contributed by atoms with van der Waals surface area (Å²) in [5, 5.41) is 4.10. The molecule has 0 aliphatic heterocycles. The molecule has 26 heavy (non-hydrogen) atoms. The van der Waals surface area contributed by atoms with E-state index in [2.05, 4.69) is 22.0 Å². The Balaban J connectivity index is 1.46. The van der Waals surface area contributed by atoms with E-state index in [4.69, 9.17) is 14.2 Å². The number of esters is 1. The van der Waals surface area contributed by atoms with Gasteiger partial charge in [0.05, 0.1) is 6.61 Å². The lowest BCUT2D eigenvalue weighted by Gasteiger charge is -2.08. The Labute approximate surface area is 150 Å². The van der Waals surface area contributed by atoms with Crippen molar-refractivity contribution in [1.82, 2.24) is 19.6 Å². The van der Waals surface area contributed by atoms with Gasteiger partial charge < -0.3 is 14.2 Å². The number of aryl methyl sites for hydroxylation is 1. The first kappa shape index (κ1) is 17.7. The topological polar surface area (TPSA) is 87.8 Å². The molecule has 1 aromatic carbocycles. The fraction of sp³-hybridized carbons (Fsp3) is 0.333. The summed E-state index contributed by atoms with van der Waals surface area (Å²) in [7, 11) is 0. The van der Waals surface area contributed by atoms with Crippen molar-refractivity contribution < 1.29 is 19.0 Å². The summed E-state index contributed by atoms with van der Waals surface area (Å²) in [6.45, 7) is 4.91. The Hall–Kier alpha value is -3.16. The fourth-order valence-corrected chi connectivity index (χ4v) is 2.20. The second-order valence-electron chi connectivity index (χ2n) is 5.54. The van der Waals surface area contributed by atoms with E-state index in [1.54, 1.807) is 12.3 Å². The normalized spacial score (nSPS) is 10.7. The second kappa shape index (κ2) is 8.28. The quantitative estimate of drug-likeness (QED) is 0.452. The van der Waals surface area contributed by atoms with Gasteiger partial charge in [0.1, 0.15) is 24.7 Å². The number of hydrogen-bond donors (Lipinski definition) is 0. The molecule has 0 unspecified atom stereocenters. The van der Waals surface area contributed by atoms with Crippen molar-refractivity contribution in [3.8, 4) is 11.5 Å². The smallest absolute Gasteiger partial charge is 0.378 e. The molecule has 0 fully saturated rings. The number of ether oxygens (including phenoxy) is 3. The van der Waals surface area contributed by atoms with E-state index in [9.17, 15) is 4.79 Å². The van der Waals surface area contributed by atoms with Gasteiger partial charge in [0.25, 0.3) is 11.6 Å². The maximum Gasteiger partial charge on any atom is 0.378 e. The van der Waals surface area contributed by atoms with Crippen molar-refractivity contribution in [3.63, 3.8) is 0 Å². The molecule has 0 saturated carbocycles. The molecule has 8 nitrogen and oxygen atoms in total. The molecule has 0 N–H and O–H groups in total. The third-order valence-electron chi connectivity index (χ3n) is 3.49. The van der Waals surface area contributed by atoms with Gasteiger partial charge in [-0.25, -0.2) is 14.3 Å². The Morgan fingerprint density at radius 1 is 1.04 bits per heavy atom. The number of nitrogens with zero attached hydrogens (tertiary/aromatic N) is 4. The van der Waals surface area contributed by atoms with E-state index >= 15 is 0 Å². The molecule has 0 amide bonds. The third kappa shape index (κ3) is 4.27. The van der Waals surface area contributed by atoms with Gasteiger partial charge in [-0.15, -0.1) is 5.10 Å². The largest absolute Gasteiger partial charge is 0.494 e. The molecule has 0 aliphatic carbocycles. The minimum atomic E-state index is -0.609. The van der Waals surface area contributed by atoms with Gasteiger partial charge in [0.2, 0.25) is 0 Å². The summed E-state index contributed by atoms with van der Waals surface area (Å²) in [5.74, 6) is 1.20. The summed E-state index contributed by atoms with van der Waals surface area (Å²) < 4.78 is 17.7. The van der Waals surface area contributed by atoms with Gasteiger partial charge in [-0.05, 0) is 43.7 Å². The monoisotopic (exact) mass is 356 g/mol. The Morgan fingerprint density at radius 3 is 2.38 bits per heavy atom. The summed E-state index contributed by atoms with van der Waals surface area (Å²) in [6, 6.07) is 9.08. The van der Waals surface area contributed by atoms with Crippen LogP contribution < -0.4 is 9.47 Å². The van der Waals surface area contributed by atoms with E-state index in [-0.39, 0.29) is 19.0 Å². The molecule has 0 atom stereocenters. The molecule has 2 heterocycles. The van der Waals surface area contributed by atoms with Gasteiger partial charge in [-0.2, -0.15) is 4.98 Å². The van der Waals surface area contributed by atoms with E-state index < -0.39 is 5.97 Å². The average Bonchev–Trinajstić information content (AvgIpc) is 3.10. The predicted octanol–water partition coefficient (Wildman–Crippen LogP) is 2.46. The standard InChI is InChI=1S/C18H20N4O4/c1-3-10-24-14-4-6-15(7-5-14)25-11-12-26-17(23)16-20-18-19-9-8-13(2)22(18)21-16/h4-9H,3,10-12H2,1-2H3. The number of carbonyl (C=O) groups is 1. The van der Waals surface area contributed by atoms with Gasteiger partial charge in [-0.1, -0.05) is 6.92 Å². The van der Waals surface area contributed by atoms with Crippen molar-refractivity contribution in [2.75, 3.05) is 19.8 Å². The first-order chi connectivity index (χ1) is 12.7. The number of fused-ring (bicyclic) bond motifs is 1. The number of aromatic nitrogens is 4. The van der Waals surface area contributed by atoms with Gasteiger partial charge in [0.15, 0.2) is 0 Å². The number of benzene rings is 1. The van der Waals surface area contributed by atoms with Crippen LogP contribution in [0.5, 0.6) is 11.5 Å². The summed E-state index contributed by atoms with van der Waals surface area (Å²) in [5.41, 5.74) is 0.830. The third-order valence-corrected chi connectivity index (χ3v) is 3.49. The summed E-state index contributed by atoms with van der Waals surface area (Å²) in [4.78, 5) is 20.1. The molecular weight excluding hydrogens is 336 g/mol. The molecule has 0 spiro atoms. The van der Waals surface area contributed by atoms with Crippen LogP contribution in [0.3, 0.4) is 0 Å². The van der Waals surface area contributed by atoms with Crippen LogP contribution in [0.1, 0.15) is 29.7 Å². The van der Waals surface area contributed by atoms with E-state index in [0.29, 0.717) is 18.1 Å². The number of rotatable bonds is 8. The zero-order chi connectivity index (χ0) is 18.4. The second-order valence-corrected chi connectivity index (χ2v) is 5.54. The lowest BCUT2D eigenvalue weighted by Crippen LogP contribution is -2.13. The molecule has 136 valence electrons. The molecule has 3 rings (SSSR count). The minimum absolute atomic E-state index is 0.0239. The first-order valence-corrected chi connectivity index (χ1v) is 8.38. The van der Waals surface area contributed by atoms with Crippen LogP contribution in [-0.2, 0) is 4.74 Å². The van der Waals surface area contributed by atoms with Crippen molar-refractivity contribution >= 4 is 11.7 Å². The van der Waals surface area contributed by atoms with Gasteiger partial charge in [-0.3, -0.25) is 0 Å². The van der Waals surface area contributed by atoms with Crippen LogP contribution in [0.2, 0.25) is 0 Å². The number of hydrogen-bond acceptors (Lipinski definition) is 7. The van der Waals surface area contributed by atoms with Crippen LogP contribution in [-0.4, -0.2) is 45.4 Å². The highest BCUT2D eigenvalue weighted by Gasteiger charge is 2.15. The van der Waals surface area contributed by atoms with E-state index in [0.717, 1.165) is 17.9 Å². The lowest BCUT2D eigenvalue weighted by atomic mass is 10.3. The molecule has 0 radical (unpaired) electrons. The maximum atomic E-state index is 12.0. The molecule has 0 bridgehead atoms. The molecule has 0 saturated heterocycles. The summed E-state index contributed by atoms with van der Waals surface area (Å²) in [6.07, 6.45) is 2.57. The van der Waals surface area contributed by atoms with Crippen molar-refractivity contribution in [1.29, 1.82) is 0 Å². The highest BCUT2D eigenvalue weighted by molar-refractivity contribution is 5.85. The SMILES string of the molecule is CCCOc1ccc(OCCOC(=O)c2nc3nccc(C)n3n2)cc1. The molecule has 8 heteroatoms. The van der Waals surface area contributed by atoms with Crippen LogP contribution in [0, 0.1) is 6.92 Å². The fourth-order valence-electron chi connectivity index (χ4n) is 2.20. The molecule has 3 aromatic rings. The van der Waals surface area contributed by atoms with Gasteiger partial charge >= 0.3 is 5.97 Å². The number of carbonyl (C=O) groups excluding carboxylic acids is 1.